The smallest absolute Gasteiger partial charge is 0.410 e. The molecule has 48 heavy (non-hydrogen) atoms. The molecule has 0 bridgehead atoms. The number of methoxy groups -OCH3 is 2. The Balaban J connectivity index is 1.60. The highest BCUT2D eigenvalue weighted by Crippen LogP contribution is 2.55. The Morgan fingerprint density at radius 3 is 2.35 bits per heavy atom. The van der Waals surface area contributed by atoms with Crippen molar-refractivity contribution in [2.24, 2.45) is 0 Å². The van der Waals surface area contributed by atoms with Gasteiger partial charge in [-0.1, -0.05) is 23.7 Å². The fraction of sp³-hybridized carbons (Fsp3) is 0.412. The van der Waals surface area contributed by atoms with Gasteiger partial charge in [0.25, 0.3) is 15.9 Å². The summed E-state index contributed by atoms with van der Waals surface area (Å²) in [6, 6.07) is 15.5. The van der Waals surface area contributed by atoms with Gasteiger partial charge in [0, 0.05) is 49.8 Å². The first-order valence-electron chi connectivity index (χ1n) is 15.6. The predicted molar refractivity (Wildman–Crippen MR) is 178 cm³/mol. The Morgan fingerprint density at radius 2 is 1.71 bits per heavy atom. The van der Waals surface area contributed by atoms with Crippen molar-refractivity contribution in [3.8, 4) is 11.5 Å². The summed E-state index contributed by atoms with van der Waals surface area (Å²) < 4.78 is 62.1. The second-order valence-electron chi connectivity index (χ2n) is 12.4. The first-order chi connectivity index (χ1) is 22.9. The van der Waals surface area contributed by atoms with Gasteiger partial charge in [0.15, 0.2) is 11.8 Å². The minimum atomic E-state index is -4.56. The topological polar surface area (TPSA) is 109 Å². The molecular formula is C34H38ClFN4O7S. The SMILES string of the molecule is COc1ccc(S(=O)(=O)N2C(=O)C(c3ccc(CN4CCCC4)cc3OC)(N3C[C@H](F)C[C@@H]3OC(=O)N(C)C)c3cc(Cl)ccc32)cc1. The third-order valence-corrected chi connectivity index (χ3v) is 11.1. The zero-order valence-corrected chi connectivity index (χ0v) is 28.8. The van der Waals surface area contributed by atoms with Gasteiger partial charge in [-0.25, -0.2) is 26.8 Å². The number of carbonyl (C=O) groups excluding carboxylic acids is 2. The number of benzene rings is 3. The molecule has 0 aromatic heterocycles. The lowest BCUT2D eigenvalue weighted by molar-refractivity contribution is -0.132. The quantitative estimate of drug-likeness (QED) is 0.305. The van der Waals surface area contributed by atoms with Crippen LogP contribution in [0.2, 0.25) is 5.02 Å². The zero-order valence-electron chi connectivity index (χ0n) is 27.2. The van der Waals surface area contributed by atoms with Crippen molar-refractivity contribution in [1.29, 1.82) is 0 Å². The Bertz CT molecular complexity index is 1820. The summed E-state index contributed by atoms with van der Waals surface area (Å²) >= 11 is 6.58. The van der Waals surface area contributed by atoms with E-state index in [0.29, 0.717) is 12.3 Å². The van der Waals surface area contributed by atoms with Gasteiger partial charge in [-0.05, 0) is 80.0 Å². The van der Waals surface area contributed by atoms with Crippen molar-refractivity contribution in [3.05, 3.63) is 82.4 Å². The molecule has 3 atom stereocenters. The molecule has 14 heteroatoms. The molecule has 256 valence electrons. The predicted octanol–water partition coefficient (Wildman–Crippen LogP) is 5.00. The number of likely N-dealkylation sites (tertiary alicyclic amines) is 2. The highest BCUT2D eigenvalue weighted by Gasteiger charge is 2.64. The normalized spacial score (nSPS) is 23.0. The van der Waals surface area contributed by atoms with Gasteiger partial charge in [0.2, 0.25) is 0 Å². The Labute approximate surface area is 284 Å². The Kier molecular flexibility index (Phi) is 9.33. The highest BCUT2D eigenvalue weighted by atomic mass is 35.5. The van der Waals surface area contributed by atoms with E-state index >= 15 is 9.18 Å². The first kappa shape index (κ1) is 34.0. The molecule has 3 aliphatic heterocycles. The van der Waals surface area contributed by atoms with Crippen LogP contribution >= 0.6 is 11.6 Å². The molecule has 0 radical (unpaired) electrons. The Hall–Kier alpha value is -3.91. The summed E-state index contributed by atoms with van der Waals surface area (Å²) in [6.07, 6.45) is -1.54. The molecule has 1 unspecified atom stereocenters. The molecule has 0 N–H and O–H groups in total. The van der Waals surface area contributed by atoms with E-state index in [0.717, 1.165) is 35.8 Å². The third-order valence-electron chi connectivity index (χ3n) is 9.15. The van der Waals surface area contributed by atoms with Crippen molar-refractivity contribution in [3.63, 3.8) is 0 Å². The van der Waals surface area contributed by atoms with Gasteiger partial charge in [0.1, 0.15) is 17.7 Å². The summed E-state index contributed by atoms with van der Waals surface area (Å²) in [4.78, 5) is 33.0. The minimum Gasteiger partial charge on any atom is -0.497 e. The number of halogens is 2. The number of anilines is 1. The van der Waals surface area contributed by atoms with Crippen LogP contribution in [0.3, 0.4) is 0 Å². The van der Waals surface area contributed by atoms with Crippen LogP contribution in [-0.4, -0.2) is 95.5 Å². The molecule has 3 aliphatic rings. The van der Waals surface area contributed by atoms with E-state index in [4.69, 9.17) is 25.8 Å². The number of sulfonamides is 1. The number of ether oxygens (including phenoxy) is 3. The van der Waals surface area contributed by atoms with E-state index in [2.05, 4.69) is 4.90 Å². The molecule has 3 aromatic rings. The molecule has 2 amide bonds. The number of amides is 2. The summed E-state index contributed by atoms with van der Waals surface area (Å²) in [6.45, 7) is 2.22. The van der Waals surface area contributed by atoms with Crippen LogP contribution in [-0.2, 0) is 31.6 Å². The average molecular weight is 701 g/mol. The molecule has 6 rings (SSSR count). The van der Waals surface area contributed by atoms with Gasteiger partial charge < -0.3 is 19.1 Å². The molecule has 3 heterocycles. The monoisotopic (exact) mass is 700 g/mol. The Morgan fingerprint density at radius 1 is 1.00 bits per heavy atom. The van der Waals surface area contributed by atoms with Crippen LogP contribution in [0.25, 0.3) is 0 Å². The fourth-order valence-electron chi connectivity index (χ4n) is 6.90. The number of fused-ring (bicyclic) bond motifs is 1. The van der Waals surface area contributed by atoms with Crippen LogP contribution in [0.4, 0.5) is 14.9 Å². The van der Waals surface area contributed by atoms with Crippen molar-refractivity contribution < 1.29 is 36.6 Å². The van der Waals surface area contributed by atoms with Crippen molar-refractivity contribution in [2.75, 3.05) is 52.3 Å². The maximum atomic E-state index is 15.6. The van der Waals surface area contributed by atoms with Crippen LogP contribution in [0, 0.1) is 0 Å². The van der Waals surface area contributed by atoms with Crippen molar-refractivity contribution >= 4 is 39.3 Å². The van der Waals surface area contributed by atoms with E-state index in [1.807, 2.05) is 12.1 Å². The van der Waals surface area contributed by atoms with Crippen LogP contribution < -0.4 is 13.8 Å². The molecule has 2 fully saturated rings. The standard InChI is InChI=1S/C34H38ClFN4O7S/c1-37(2)33(42)47-31-19-24(36)21-39(31)34(27-13-7-22(17-30(27)46-4)20-38-15-5-6-16-38)28-18-23(35)8-14-29(28)40(32(34)41)48(43,44)26-11-9-25(45-3)10-12-26/h7-14,17-18,24,31H,5-6,15-16,19-21H2,1-4H3/t24-,31+,34?/m1/s1. The number of carbonyl (C=O) groups is 2. The molecule has 0 saturated carbocycles. The lowest BCUT2D eigenvalue weighted by atomic mass is 9.81. The van der Waals surface area contributed by atoms with Gasteiger partial charge in [-0.2, -0.15) is 0 Å². The molecule has 2 saturated heterocycles. The van der Waals surface area contributed by atoms with Crippen LogP contribution in [0.1, 0.15) is 36.0 Å². The molecular weight excluding hydrogens is 663 g/mol. The number of hydrogen-bond acceptors (Lipinski definition) is 9. The summed E-state index contributed by atoms with van der Waals surface area (Å²) in [7, 11) is 1.34. The van der Waals surface area contributed by atoms with E-state index in [-0.39, 0.29) is 45.4 Å². The number of alkyl halides is 1. The lowest BCUT2D eigenvalue weighted by Crippen LogP contribution is -2.57. The molecule has 0 aliphatic carbocycles. The zero-order chi connectivity index (χ0) is 34.4. The lowest BCUT2D eigenvalue weighted by Gasteiger charge is -2.41. The van der Waals surface area contributed by atoms with Crippen LogP contribution in [0.5, 0.6) is 11.5 Å². The number of hydrogen-bond donors (Lipinski definition) is 0. The largest absolute Gasteiger partial charge is 0.497 e. The fourth-order valence-corrected chi connectivity index (χ4v) is 8.53. The average Bonchev–Trinajstić information content (AvgIpc) is 3.77. The molecule has 11 nitrogen and oxygen atoms in total. The molecule has 0 spiro atoms. The van der Waals surface area contributed by atoms with E-state index in [1.54, 1.807) is 6.07 Å². The summed E-state index contributed by atoms with van der Waals surface area (Å²) in [5.41, 5.74) is -0.634. The van der Waals surface area contributed by atoms with E-state index in [1.165, 1.54) is 80.6 Å². The van der Waals surface area contributed by atoms with Crippen molar-refractivity contribution in [1.82, 2.24) is 14.7 Å². The van der Waals surface area contributed by atoms with Gasteiger partial charge in [0.05, 0.1) is 24.8 Å². The molecule has 3 aromatic carbocycles. The van der Waals surface area contributed by atoms with E-state index < -0.39 is 40.0 Å². The third kappa shape index (κ3) is 5.76. The second-order valence-corrected chi connectivity index (χ2v) is 14.6. The van der Waals surface area contributed by atoms with Crippen LogP contribution in [0.15, 0.2) is 65.6 Å². The second kappa shape index (κ2) is 13.2. The van der Waals surface area contributed by atoms with Gasteiger partial charge in [-0.15, -0.1) is 0 Å². The number of nitrogens with zero attached hydrogens (tertiary/aromatic N) is 4. The maximum Gasteiger partial charge on any atom is 0.410 e. The minimum absolute atomic E-state index is 0.0309. The summed E-state index contributed by atoms with van der Waals surface area (Å²) in [5.74, 6) is -0.200. The van der Waals surface area contributed by atoms with E-state index in [9.17, 15) is 13.2 Å². The summed E-state index contributed by atoms with van der Waals surface area (Å²) in [5, 5.41) is 0.220. The highest BCUT2D eigenvalue weighted by molar-refractivity contribution is 7.93. The van der Waals surface area contributed by atoms with Gasteiger partial charge >= 0.3 is 6.09 Å². The maximum absolute atomic E-state index is 15.6. The number of rotatable bonds is 9. The first-order valence-corrected chi connectivity index (χ1v) is 17.5. The van der Waals surface area contributed by atoms with Gasteiger partial charge in [-0.3, -0.25) is 9.69 Å². The van der Waals surface area contributed by atoms with Crippen molar-refractivity contribution in [2.45, 2.75) is 48.6 Å².